The molecule has 0 bridgehead atoms. The van der Waals surface area contributed by atoms with E-state index >= 15 is 0 Å². The summed E-state index contributed by atoms with van der Waals surface area (Å²) in [5, 5.41) is 3.40. The van der Waals surface area contributed by atoms with Crippen molar-refractivity contribution in [3.05, 3.63) is 41.7 Å². The van der Waals surface area contributed by atoms with E-state index in [-0.39, 0.29) is 29.3 Å². The highest BCUT2D eigenvalue weighted by molar-refractivity contribution is 6.28. The lowest BCUT2D eigenvalue weighted by molar-refractivity contribution is -0.172. The molecule has 1 aliphatic heterocycles. The fourth-order valence-corrected chi connectivity index (χ4v) is 5.78. The fraction of sp³-hybridized carbons (Fsp3) is 0.522. The second kappa shape index (κ2) is 7.59. The topological polar surface area (TPSA) is 113 Å². The lowest BCUT2D eigenvalue weighted by Crippen LogP contribution is -2.36. The van der Waals surface area contributed by atoms with Gasteiger partial charge in [-0.3, -0.25) is 9.78 Å². The number of nitrogens with one attached hydrogen (secondary N) is 1. The van der Waals surface area contributed by atoms with Crippen molar-refractivity contribution in [2.24, 2.45) is 11.3 Å². The molecule has 0 unspecified atom stereocenters. The number of rotatable bonds is 6. The normalized spacial score (nSPS) is 30.7. The molecule has 1 saturated heterocycles. The molecule has 178 valence electrons. The standard InChI is InChI=1S/C23H25ClN6O4/c1-4-32-20(31)23-8-13(23)15(16-17(23)34-22(2,3)33-16)30-11-27-14-18(28-21(24)29-19(14)30)26-10-12-6-5-7-25-9-12/h5-7,9,11,13,15-17H,4,8,10H2,1-3H3,(H,26,28,29)/t13-,15-,16+,17+,23+/m1/s1. The van der Waals surface area contributed by atoms with Gasteiger partial charge >= 0.3 is 5.97 Å². The Labute approximate surface area is 201 Å². The molecule has 0 aromatic carbocycles. The summed E-state index contributed by atoms with van der Waals surface area (Å²) in [4.78, 5) is 30.6. The van der Waals surface area contributed by atoms with Crippen LogP contribution in [0.3, 0.4) is 0 Å². The molecule has 3 fully saturated rings. The van der Waals surface area contributed by atoms with Crippen LogP contribution in [0.1, 0.15) is 38.8 Å². The van der Waals surface area contributed by atoms with E-state index in [1.165, 1.54) is 0 Å². The number of fused-ring (bicyclic) bond motifs is 4. The van der Waals surface area contributed by atoms with Crippen LogP contribution in [-0.4, -0.2) is 55.1 Å². The average molecular weight is 485 g/mol. The summed E-state index contributed by atoms with van der Waals surface area (Å²) in [7, 11) is 0. The van der Waals surface area contributed by atoms with Crippen molar-refractivity contribution in [1.29, 1.82) is 0 Å². The van der Waals surface area contributed by atoms with Gasteiger partial charge < -0.3 is 24.1 Å². The number of hydrogen-bond donors (Lipinski definition) is 1. The van der Waals surface area contributed by atoms with Crippen LogP contribution in [-0.2, 0) is 25.5 Å². The number of imidazole rings is 1. The van der Waals surface area contributed by atoms with E-state index in [1.807, 2.05) is 37.5 Å². The van der Waals surface area contributed by atoms with Crippen LogP contribution >= 0.6 is 11.6 Å². The molecule has 34 heavy (non-hydrogen) atoms. The third-order valence-electron chi connectivity index (χ3n) is 7.00. The Morgan fingerprint density at radius 1 is 1.35 bits per heavy atom. The third-order valence-corrected chi connectivity index (χ3v) is 7.17. The van der Waals surface area contributed by atoms with E-state index < -0.39 is 17.3 Å². The molecule has 3 aromatic rings. The summed E-state index contributed by atoms with van der Waals surface area (Å²) in [5.74, 6) is -0.506. The molecule has 11 heteroatoms. The van der Waals surface area contributed by atoms with Crippen molar-refractivity contribution in [2.45, 2.75) is 57.8 Å². The first-order valence-corrected chi connectivity index (χ1v) is 11.8. The Balaban J connectivity index is 1.37. The summed E-state index contributed by atoms with van der Waals surface area (Å²) in [6, 6.07) is 3.65. The molecule has 5 atom stereocenters. The minimum absolute atomic E-state index is 0.00408. The van der Waals surface area contributed by atoms with E-state index in [1.54, 1.807) is 18.7 Å². The molecule has 0 spiro atoms. The van der Waals surface area contributed by atoms with Gasteiger partial charge in [0.2, 0.25) is 5.28 Å². The van der Waals surface area contributed by atoms with Gasteiger partial charge in [-0.15, -0.1) is 0 Å². The molecule has 3 aromatic heterocycles. The predicted molar refractivity (Wildman–Crippen MR) is 122 cm³/mol. The Morgan fingerprint density at radius 3 is 2.97 bits per heavy atom. The first-order valence-electron chi connectivity index (χ1n) is 11.4. The number of halogens is 1. The maximum Gasteiger partial charge on any atom is 0.315 e. The number of esters is 1. The summed E-state index contributed by atoms with van der Waals surface area (Å²) in [6.07, 6.45) is 5.17. The average Bonchev–Trinajstić information content (AvgIpc) is 3.13. The van der Waals surface area contributed by atoms with Crippen molar-refractivity contribution in [3.63, 3.8) is 0 Å². The highest BCUT2D eigenvalue weighted by Gasteiger charge is 2.80. The first kappa shape index (κ1) is 21.7. The molecule has 4 heterocycles. The third kappa shape index (κ3) is 3.19. The molecule has 3 aliphatic rings. The van der Waals surface area contributed by atoms with Gasteiger partial charge in [-0.1, -0.05) is 6.07 Å². The molecular formula is C23H25ClN6O4. The Bertz CT molecular complexity index is 1270. The van der Waals surface area contributed by atoms with Gasteiger partial charge in [0.25, 0.3) is 0 Å². The van der Waals surface area contributed by atoms with Crippen LogP contribution in [0.4, 0.5) is 5.82 Å². The SMILES string of the molecule is CCOC(=O)[C@@]12C[C@@H]1[C@@H](n1cnc3c(NCc4cccnc4)nc(Cl)nc31)[C@@H]1OC(C)(C)O[C@@H]12. The number of carbonyl (C=O) groups excluding carboxylic acids is 1. The van der Waals surface area contributed by atoms with Crippen LogP contribution < -0.4 is 5.32 Å². The zero-order valence-electron chi connectivity index (χ0n) is 19.1. The lowest BCUT2D eigenvalue weighted by atomic mass is 9.99. The van der Waals surface area contributed by atoms with Gasteiger partial charge in [0.15, 0.2) is 22.8 Å². The lowest BCUT2D eigenvalue weighted by Gasteiger charge is -2.24. The maximum absolute atomic E-state index is 13.0. The zero-order chi connectivity index (χ0) is 23.7. The summed E-state index contributed by atoms with van der Waals surface area (Å²) >= 11 is 6.32. The molecule has 6 rings (SSSR count). The number of aromatic nitrogens is 5. The number of carbonyl (C=O) groups is 1. The number of anilines is 1. The molecule has 0 amide bonds. The van der Waals surface area contributed by atoms with Gasteiger partial charge in [0.05, 0.1) is 19.0 Å². The van der Waals surface area contributed by atoms with Crippen molar-refractivity contribution in [1.82, 2.24) is 24.5 Å². The molecule has 0 radical (unpaired) electrons. The monoisotopic (exact) mass is 484 g/mol. The Morgan fingerprint density at radius 2 is 2.21 bits per heavy atom. The van der Waals surface area contributed by atoms with Gasteiger partial charge in [-0.05, 0) is 50.4 Å². The summed E-state index contributed by atoms with van der Waals surface area (Å²) < 4.78 is 19.9. The molecule has 2 aliphatic carbocycles. The fourth-order valence-electron chi connectivity index (χ4n) is 5.61. The van der Waals surface area contributed by atoms with E-state index in [0.29, 0.717) is 36.6 Å². The number of hydrogen-bond acceptors (Lipinski definition) is 9. The second-order valence-corrected chi connectivity index (χ2v) is 9.80. The van der Waals surface area contributed by atoms with E-state index in [4.69, 9.17) is 25.8 Å². The minimum atomic E-state index is -0.805. The Kier molecular flexibility index (Phi) is 4.84. The molecule has 2 saturated carbocycles. The van der Waals surface area contributed by atoms with Crippen molar-refractivity contribution in [3.8, 4) is 0 Å². The Hall–Kier alpha value is -2.82. The number of nitrogens with zero attached hydrogens (tertiary/aromatic N) is 5. The van der Waals surface area contributed by atoms with Gasteiger partial charge in [0, 0.05) is 24.9 Å². The zero-order valence-corrected chi connectivity index (χ0v) is 19.8. The smallest absolute Gasteiger partial charge is 0.315 e. The van der Waals surface area contributed by atoms with Gasteiger partial charge in [-0.25, -0.2) is 4.98 Å². The van der Waals surface area contributed by atoms with Crippen LogP contribution in [0.15, 0.2) is 30.9 Å². The van der Waals surface area contributed by atoms with Crippen LogP contribution in [0.5, 0.6) is 0 Å². The molecule has 10 nitrogen and oxygen atoms in total. The minimum Gasteiger partial charge on any atom is -0.465 e. The maximum atomic E-state index is 13.0. The van der Waals surface area contributed by atoms with E-state index in [2.05, 4.69) is 25.3 Å². The molecular weight excluding hydrogens is 460 g/mol. The largest absolute Gasteiger partial charge is 0.465 e. The highest BCUT2D eigenvalue weighted by atomic mass is 35.5. The van der Waals surface area contributed by atoms with Crippen molar-refractivity contribution >= 4 is 34.6 Å². The van der Waals surface area contributed by atoms with E-state index in [9.17, 15) is 4.79 Å². The second-order valence-electron chi connectivity index (χ2n) is 9.46. The predicted octanol–water partition coefficient (Wildman–Crippen LogP) is 3.13. The van der Waals surface area contributed by atoms with E-state index in [0.717, 1.165) is 5.56 Å². The highest BCUT2D eigenvalue weighted by Crippen LogP contribution is 2.72. The van der Waals surface area contributed by atoms with Crippen molar-refractivity contribution in [2.75, 3.05) is 11.9 Å². The summed E-state index contributed by atoms with van der Waals surface area (Å²) in [6.45, 7) is 6.38. The quantitative estimate of drug-likeness (QED) is 0.416. The number of ether oxygens (including phenoxy) is 3. The first-order chi connectivity index (χ1) is 16.3. The van der Waals surface area contributed by atoms with Gasteiger partial charge in [-0.2, -0.15) is 9.97 Å². The van der Waals surface area contributed by atoms with Crippen LogP contribution in [0, 0.1) is 11.3 Å². The van der Waals surface area contributed by atoms with Crippen molar-refractivity contribution < 1.29 is 19.0 Å². The molecule has 1 N–H and O–H groups in total. The van der Waals surface area contributed by atoms with Crippen LogP contribution in [0.2, 0.25) is 5.28 Å². The number of pyridine rings is 1. The summed E-state index contributed by atoms with van der Waals surface area (Å²) in [5.41, 5.74) is 1.46. The van der Waals surface area contributed by atoms with Crippen LogP contribution in [0.25, 0.3) is 11.2 Å². The van der Waals surface area contributed by atoms with Gasteiger partial charge in [0.1, 0.15) is 17.6 Å².